The smallest absolute Gasteiger partial charge is 0.289 e. The molecule has 3 aromatic rings. The van der Waals surface area contributed by atoms with E-state index in [1.54, 1.807) is 6.07 Å². The molecule has 0 spiro atoms. The summed E-state index contributed by atoms with van der Waals surface area (Å²) >= 11 is 6.04. The maximum atomic E-state index is 12.7. The van der Waals surface area contributed by atoms with E-state index in [0.717, 1.165) is 24.2 Å². The van der Waals surface area contributed by atoms with E-state index < -0.39 is 0 Å². The summed E-state index contributed by atoms with van der Waals surface area (Å²) in [7, 11) is 0. The quantitative estimate of drug-likeness (QED) is 0.668. The van der Waals surface area contributed by atoms with Crippen LogP contribution >= 0.6 is 11.6 Å². The molecule has 1 saturated heterocycles. The van der Waals surface area contributed by atoms with Crippen LogP contribution < -0.4 is 5.32 Å². The maximum absolute atomic E-state index is 12.7. The highest BCUT2D eigenvalue weighted by Crippen LogP contribution is 2.23. The van der Waals surface area contributed by atoms with Gasteiger partial charge in [0.1, 0.15) is 5.69 Å². The molecule has 4 rings (SSSR count). The fourth-order valence-electron chi connectivity index (χ4n) is 3.44. The van der Waals surface area contributed by atoms with E-state index in [4.69, 9.17) is 20.9 Å². The number of hydrogen-bond acceptors (Lipinski definition) is 5. The van der Waals surface area contributed by atoms with Crippen LogP contribution in [0.15, 0.2) is 65.2 Å². The van der Waals surface area contributed by atoms with E-state index in [1.165, 1.54) is 0 Å². The Labute approximate surface area is 174 Å². The van der Waals surface area contributed by atoms with Crippen molar-refractivity contribution in [3.63, 3.8) is 0 Å². The number of carbonyl (C=O) groups excluding carboxylic acids is 1. The summed E-state index contributed by atoms with van der Waals surface area (Å²) in [5.41, 5.74) is 2.64. The normalized spacial score (nSPS) is 15.8. The minimum absolute atomic E-state index is 0.0247. The van der Waals surface area contributed by atoms with Gasteiger partial charge in [-0.25, -0.2) is 0 Å². The van der Waals surface area contributed by atoms with Crippen LogP contribution in [-0.4, -0.2) is 48.8 Å². The molecule has 0 aliphatic carbocycles. The molecule has 29 heavy (non-hydrogen) atoms. The standard InChI is InChI=1S/C22H22ClN3O3/c23-18-8-6-17(7-9-18)20(26-10-12-28-13-11-26)15-24-22(27)21-14-19(25-29-21)16-4-2-1-3-5-16/h1-9,14,20H,10-13,15H2,(H,24,27). The van der Waals surface area contributed by atoms with Gasteiger partial charge in [-0.15, -0.1) is 0 Å². The van der Waals surface area contributed by atoms with Gasteiger partial charge in [0, 0.05) is 36.3 Å². The summed E-state index contributed by atoms with van der Waals surface area (Å²) in [5, 5.41) is 7.69. The van der Waals surface area contributed by atoms with Gasteiger partial charge >= 0.3 is 0 Å². The lowest BCUT2D eigenvalue weighted by molar-refractivity contribution is 0.0161. The molecular weight excluding hydrogens is 390 g/mol. The molecule has 1 amide bonds. The number of benzene rings is 2. The minimum Gasteiger partial charge on any atom is -0.379 e. The first-order valence-electron chi connectivity index (χ1n) is 9.58. The predicted octanol–water partition coefficient (Wildman–Crippen LogP) is 3.80. The van der Waals surface area contributed by atoms with Crippen molar-refractivity contribution < 1.29 is 14.1 Å². The Morgan fingerprint density at radius 2 is 1.83 bits per heavy atom. The van der Waals surface area contributed by atoms with Gasteiger partial charge in [-0.05, 0) is 17.7 Å². The third kappa shape index (κ3) is 4.85. The van der Waals surface area contributed by atoms with Gasteiger partial charge in [-0.1, -0.05) is 59.2 Å². The Hall–Kier alpha value is -2.67. The Morgan fingerprint density at radius 1 is 1.10 bits per heavy atom. The van der Waals surface area contributed by atoms with Crippen molar-refractivity contribution in [2.24, 2.45) is 0 Å². The molecule has 2 heterocycles. The van der Waals surface area contributed by atoms with E-state index in [2.05, 4.69) is 15.4 Å². The van der Waals surface area contributed by atoms with Gasteiger partial charge in [0.15, 0.2) is 0 Å². The van der Waals surface area contributed by atoms with Crippen LogP contribution in [0.4, 0.5) is 0 Å². The summed E-state index contributed by atoms with van der Waals surface area (Å²) in [4.78, 5) is 15.0. The van der Waals surface area contributed by atoms with Crippen LogP contribution in [0.25, 0.3) is 11.3 Å². The van der Waals surface area contributed by atoms with Gasteiger partial charge in [-0.2, -0.15) is 0 Å². The number of ether oxygens (including phenoxy) is 1. The zero-order valence-electron chi connectivity index (χ0n) is 15.9. The van der Waals surface area contributed by atoms with Crippen LogP contribution in [0.5, 0.6) is 0 Å². The second kappa shape index (κ2) is 9.22. The second-order valence-electron chi connectivity index (χ2n) is 6.87. The number of halogens is 1. The molecule has 1 aliphatic rings. The number of carbonyl (C=O) groups is 1. The maximum Gasteiger partial charge on any atom is 0.289 e. The number of rotatable bonds is 6. The Kier molecular flexibility index (Phi) is 6.24. The number of morpholine rings is 1. The van der Waals surface area contributed by atoms with Crippen molar-refractivity contribution in [1.29, 1.82) is 0 Å². The molecule has 6 nitrogen and oxygen atoms in total. The van der Waals surface area contributed by atoms with Crippen molar-refractivity contribution >= 4 is 17.5 Å². The van der Waals surface area contributed by atoms with Crippen molar-refractivity contribution in [2.45, 2.75) is 6.04 Å². The molecule has 150 valence electrons. The molecule has 1 fully saturated rings. The van der Waals surface area contributed by atoms with E-state index in [1.807, 2.05) is 54.6 Å². The molecule has 1 N–H and O–H groups in total. The van der Waals surface area contributed by atoms with Crippen molar-refractivity contribution in [3.8, 4) is 11.3 Å². The highest BCUT2D eigenvalue weighted by molar-refractivity contribution is 6.30. The van der Waals surface area contributed by atoms with Gasteiger partial charge in [-0.3, -0.25) is 9.69 Å². The molecule has 7 heteroatoms. The van der Waals surface area contributed by atoms with Gasteiger partial charge in [0.25, 0.3) is 5.91 Å². The first-order chi connectivity index (χ1) is 14.2. The zero-order valence-corrected chi connectivity index (χ0v) is 16.6. The van der Waals surface area contributed by atoms with Crippen LogP contribution in [0.3, 0.4) is 0 Å². The summed E-state index contributed by atoms with van der Waals surface area (Å²) in [6.45, 7) is 3.43. The first kappa shape index (κ1) is 19.6. The summed E-state index contributed by atoms with van der Waals surface area (Å²) in [6.07, 6.45) is 0. The highest BCUT2D eigenvalue weighted by Gasteiger charge is 2.24. The second-order valence-corrected chi connectivity index (χ2v) is 7.30. The van der Waals surface area contributed by atoms with Crippen molar-refractivity contribution in [2.75, 3.05) is 32.8 Å². The lowest BCUT2D eigenvalue weighted by Gasteiger charge is -2.34. The van der Waals surface area contributed by atoms with Gasteiger partial charge in [0.05, 0.1) is 19.3 Å². The lowest BCUT2D eigenvalue weighted by atomic mass is 10.0. The fraction of sp³-hybridized carbons (Fsp3) is 0.273. The average molecular weight is 412 g/mol. The summed E-state index contributed by atoms with van der Waals surface area (Å²) < 4.78 is 10.7. The van der Waals surface area contributed by atoms with E-state index >= 15 is 0 Å². The molecular formula is C22H22ClN3O3. The van der Waals surface area contributed by atoms with Gasteiger partial charge in [0.2, 0.25) is 5.76 Å². The lowest BCUT2D eigenvalue weighted by Crippen LogP contribution is -2.43. The number of nitrogens with one attached hydrogen (secondary N) is 1. The SMILES string of the molecule is O=C(NCC(c1ccc(Cl)cc1)N1CCOCC1)c1cc(-c2ccccc2)no1. The van der Waals surface area contributed by atoms with Crippen LogP contribution in [0.1, 0.15) is 22.2 Å². The minimum atomic E-state index is -0.285. The van der Waals surface area contributed by atoms with Crippen molar-refractivity contribution in [1.82, 2.24) is 15.4 Å². The number of hydrogen-bond donors (Lipinski definition) is 1. The van der Waals surface area contributed by atoms with E-state index in [-0.39, 0.29) is 17.7 Å². The molecule has 1 aromatic heterocycles. The molecule has 0 saturated carbocycles. The Balaban J connectivity index is 1.46. The average Bonchev–Trinajstić information content (AvgIpc) is 3.27. The third-order valence-electron chi connectivity index (χ3n) is 5.00. The molecule has 0 bridgehead atoms. The third-order valence-corrected chi connectivity index (χ3v) is 5.25. The molecule has 1 aliphatic heterocycles. The van der Waals surface area contributed by atoms with Crippen molar-refractivity contribution in [3.05, 3.63) is 77.0 Å². The van der Waals surface area contributed by atoms with E-state index in [9.17, 15) is 4.79 Å². The van der Waals surface area contributed by atoms with Gasteiger partial charge < -0.3 is 14.6 Å². The topological polar surface area (TPSA) is 67.6 Å². The Morgan fingerprint density at radius 3 is 2.55 bits per heavy atom. The number of aromatic nitrogens is 1. The van der Waals surface area contributed by atoms with Crippen LogP contribution in [-0.2, 0) is 4.74 Å². The highest BCUT2D eigenvalue weighted by atomic mass is 35.5. The molecule has 1 unspecified atom stereocenters. The first-order valence-corrected chi connectivity index (χ1v) is 9.96. The van der Waals surface area contributed by atoms with E-state index in [0.29, 0.717) is 30.5 Å². The monoisotopic (exact) mass is 411 g/mol. The zero-order chi connectivity index (χ0) is 20.1. The fourth-order valence-corrected chi connectivity index (χ4v) is 3.56. The van der Waals surface area contributed by atoms with Crippen LogP contribution in [0.2, 0.25) is 5.02 Å². The summed E-state index contributed by atoms with van der Waals surface area (Å²) in [6, 6.07) is 19.0. The Bertz CT molecular complexity index is 937. The largest absolute Gasteiger partial charge is 0.379 e. The summed E-state index contributed by atoms with van der Waals surface area (Å²) in [5.74, 6) is -0.0902. The molecule has 2 aromatic carbocycles. The number of nitrogens with zero attached hydrogens (tertiary/aromatic N) is 2. The predicted molar refractivity (Wildman–Crippen MR) is 111 cm³/mol. The molecule has 0 radical (unpaired) electrons. The molecule has 1 atom stereocenters. The number of amides is 1. The van der Waals surface area contributed by atoms with Crippen LogP contribution in [0, 0.1) is 0 Å².